The highest BCUT2D eigenvalue weighted by Crippen LogP contribution is 2.01. The topological polar surface area (TPSA) is 138 Å². The Labute approximate surface area is 88.1 Å². The van der Waals surface area contributed by atoms with Gasteiger partial charge in [-0.1, -0.05) is 0 Å². The van der Waals surface area contributed by atoms with E-state index in [2.05, 4.69) is 10.3 Å². The molecule has 7 nitrogen and oxygen atoms in total. The molecule has 0 heterocycles. The van der Waals surface area contributed by atoms with Gasteiger partial charge in [-0.05, 0) is 19.8 Å². The predicted molar refractivity (Wildman–Crippen MR) is 57.9 cm³/mol. The molecule has 0 fully saturated rings. The largest absolute Gasteiger partial charge is 0.480 e. The van der Waals surface area contributed by atoms with Crippen molar-refractivity contribution < 1.29 is 9.90 Å². The van der Waals surface area contributed by atoms with Crippen LogP contribution in [0.5, 0.6) is 0 Å². The Morgan fingerprint density at radius 3 is 2.60 bits per heavy atom. The normalized spacial score (nSPS) is 13.3. The Kier molecular flexibility index (Phi) is 5.84. The second-order valence-electron chi connectivity index (χ2n) is 3.11. The lowest BCUT2D eigenvalue weighted by Gasteiger charge is -2.08. The molecule has 0 aliphatic rings. The minimum absolute atomic E-state index is 0.125. The van der Waals surface area contributed by atoms with Crippen molar-refractivity contribution in [2.24, 2.45) is 16.5 Å². The zero-order valence-corrected chi connectivity index (χ0v) is 8.66. The van der Waals surface area contributed by atoms with E-state index in [4.69, 9.17) is 22.0 Å². The Hall–Kier alpha value is -1.79. The number of hydrogen-bond donors (Lipinski definition) is 5. The first-order chi connectivity index (χ1) is 6.93. The van der Waals surface area contributed by atoms with Crippen molar-refractivity contribution in [3.63, 3.8) is 0 Å². The number of nitrogens with two attached hydrogens (primary N) is 2. The molecule has 15 heavy (non-hydrogen) atoms. The van der Waals surface area contributed by atoms with Crippen molar-refractivity contribution in [2.45, 2.75) is 25.8 Å². The van der Waals surface area contributed by atoms with Gasteiger partial charge in [0.05, 0.1) is 5.84 Å². The molecule has 0 aromatic carbocycles. The molecule has 0 aliphatic heterocycles. The molecule has 0 aromatic heterocycles. The van der Waals surface area contributed by atoms with Gasteiger partial charge in [0.2, 0.25) is 0 Å². The molecule has 0 aliphatic carbocycles. The maximum Gasteiger partial charge on any atom is 0.328 e. The molecular weight excluding hydrogens is 198 g/mol. The maximum absolute atomic E-state index is 10.7. The van der Waals surface area contributed by atoms with Crippen LogP contribution in [-0.4, -0.2) is 35.5 Å². The Morgan fingerprint density at radius 1 is 1.60 bits per heavy atom. The third-order valence-electron chi connectivity index (χ3n) is 1.61. The predicted octanol–water partition coefficient (Wildman–Crippen LogP) is -0.920. The van der Waals surface area contributed by atoms with Crippen LogP contribution in [0.2, 0.25) is 0 Å². The molecule has 0 amide bonds. The Bertz CT molecular complexity index is 260. The van der Waals surface area contributed by atoms with E-state index in [1.165, 1.54) is 0 Å². The summed E-state index contributed by atoms with van der Waals surface area (Å²) < 4.78 is 0. The highest BCUT2D eigenvalue weighted by molar-refractivity contribution is 5.82. The molecule has 86 valence electrons. The third kappa shape index (κ3) is 7.29. The van der Waals surface area contributed by atoms with Gasteiger partial charge >= 0.3 is 5.97 Å². The average molecular weight is 215 g/mol. The highest BCUT2D eigenvalue weighted by Gasteiger charge is 2.15. The van der Waals surface area contributed by atoms with Crippen molar-refractivity contribution in [2.75, 3.05) is 6.54 Å². The van der Waals surface area contributed by atoms with Crippen LogP contribution < -0.4 is 16.8 Å². The summed E-state index contributed by atoms with van der Waals surface area (Å²) in [5, 5.41) is 18.2. The minimum atomic E-state index is -0.998. The second kappa shape index (κ2) is 6.63. The molecule has 0 saturated carbocycles. The van der Waals surface area contributed by atoms with E-state index in [0.29, 0.717) is 19.4 Å². The summed E-state index contributed by atoms with van der Waals surface area (Å²) in [6.07, 6.45) is 0.928. The fourth-order valence-corrected chi connectivity index (χ4v) is 1.01. The van der Waals surface area contributed by atoms with Crippen LogP contribution >= 0.6 is 0 Å². The number of carbonyl (C=O) groups is 1. The molecule has 0 aromatic rings. The van der Waals surface area contributed by atoms with E-state index in [-0.39, 0.29) is 11.8 Å². The van der Waals surface area contributed by atoms with Crippen molar-refractivity contribution in [3.05, 3.63) is 0 Å². The van der Waals surface area contributed by atoms with Crippen LogP contribution in [0.1, 0.15) is 19.8 Å². The van der Waals surface area contributed by atoms with Crippen molar-refractivity contribution in [1.29, 1.82) is 5.41 Å². The van der Waals surface area contributed by atoms with Gasteiger partial charge in [-0.15, -0.1) is 0 Å². The number of aliphatic imine (C=N–C) groups is 1. The number of carboxylic acids is 1. The molecule has 0 unspecified atom stereocenters. The van der Waals surface area contributed by atoms with Gasteiger partial charge in [0.25, 0.3) is 0 Å². The first kappa shape index (κ1) is 13.2. The van der Waals surface area contributed by atoms with Gasteiger partial charge in [0.1, 0.15) is 6.04 Å². The lowest BCUT2D eigenvalue weighted by atomic mass is 10.1. The summed E-state index contributed by atoms with van der Waals surface area (Å²) in [6, 6.07) is -0.816. The van der Waals surface area contributed by atoms with Crippen LogP contribution in [0.3, 0.4) is 0 Å². The third-order valence-corrected chi connectivity index (χ3v) is 1.61. The van der Waals surface area contributed by atoms with E-state index >= 15 is 0 Å². The molecule has 0 spiro atoms. The highest BCUT2D eigenvalue weighted by atomic mass is 16.4. The smallest absolute Gasteiger partial charge is 0.328 e. The van der Waals surface area contributed by atoms with E-state index in [9.17, 15) is 4.79 Å². The van der Waals surface area contributed by atoms with Crippen LogP contribution in [0.15, 0.2) is 4.99 Å². The van der Waals surface area contributed by atoms with Gasteiger partial charge in [-0.3, -0.25) is 10.4 Å². The lowest BCUT2D eigenvalue weighted by Crippen LogP contribution is -2.32. The van der Waals surface area contributed by atoms with Crippen molar-refractivity contribution >= 4 is 17.8 Å². The number of nitrogens with one attached hydrogen (secondary N) is 2. The van der Waals surface area contributed by atoms with Crippen LogP contribution in [0.25, 0.3) is 0 Å². The van der Waals surface area contributed by atoms with Crippen LogP contribution in [0, 0.1) is 5.41 Å². The molecule has 1 atom stereocenters. The Balaban J connectivity index is 3.93. The number of guanidine groups is 1. The van der Waals surface area contributed by atoms with Gasteiger partial charge in [-0.2, -0.15) is 0 Å². The number of hydrogen-bond acceptors (Lipinski definition) is 3. The number of nitrogens with zero attached hydrogens (tertiary/aromatic N) is 1. The standard InChI is InChI=1S/C8H17N5O2/c1-5(9)13-6(7(14)15)3-2-4-12-8(10)11/h6H,2-4H2,1H3,(H2,9,13)(H,14,15)(H4,10,11,12)/t6-/m0/s1. The quantitative estimate of drug-likeness (QED) is 0.221. The fourth-order valence-electron chi connectivity index (χ4n) is 1.01. The summed E-state index contributed by atoms with van der Waals surface area (Å²) in [6.45, 7) is 2.00. The average Bonchev–Trinajstić information content (AvgIpc) is 2.08. The summed E-state index contributed by atoms with van der Waals surface area (Å²) in [4.78, 5) is 14.5. The maximum atomic E-state index is 10.7. The minimum Gasteiger partial charge on any atom is -0.480 e. The number of aliphatic carboxylic acids is 1. The number of rotatable bonds is 6. The van der Waals surface area contributed by atoms with Crippen LogP contribution in [0.4, 0.5) is 0 Å². The summed E-state index contributed by atoms with van der Waals surface area (Å²) >= 11 is 0. The number of carboxylic acid groups (broad SMARTS) is 1. The SMILES string of the molecule is CC(N)=N[C@@H](CCCNC(=N)N)C(=O)O. The Morgan fingerprint density at radius 2 is 2.20 bits per heavy atom. The van der Waals surface area contributed by atoms with Crippen molar-refractivity contribution in [3.8, 4) is 0 Å². The van der Waals surface area contributed by atoms with Gasteiger partial charge in [-0.25, -0.2) is 4.79 Å². The van der Waals surface area contributed by atoms with E-state index in [0.717, 1.165) is 0 Å². The molecule has 0 saturated heterocycles. The van der Waals surface area contributed by atoms with Gasteiger partial charge in [0.15, 0.2) is 5.96 Å². The number of amidine groups is 1. The zero-order valence-electron chi connectivity index (χ0n) is 8.66. The molecule has 0 radical (unpaired) electrons. The fraction of sp³-hybridized carbons (Fsp3) is 0.625. The van der Waals surface area contributed by atoms with E-state index in [1.54, 1.807) is 6.92 Å². The van der Waals surface area contributed by atoms with Crippen molar-refractivity contribution in [1.82, 2.24) is 5.32 Å². The molecule has 7 N–H and O–H groups in total. The first-order valence-corrected chi connectivity index (χ1v) is 4.54. The zero-order chi connectivity index (χ0) is 11.8. The lowest BCUT2D eigenvalue weighted by molar-refractivity contribution is -0.138. The summed E-state index contributed by atoms with van der Waals surface area (Å²) in [5.74, 6) is -0.870. The van der Waals surface area contributed by atoms with Gasteiger partial charge < -0.3 is 21.9 Å². The monoisotopic (exact) mass is 215 g/mol. The summed E-state index contributed by atoms with van der Waals surface area (Å²) in [7, 11) is 0. The molecule has 0 bridgehead atoms. The molecule has 0 rings (SSSR count). The second-order valence-corrected chi connectivity index (χ2v) is 3.11. The summed E-state index contributed by atoms with van der Waals surface area (Å²) in [5.41, 5.74) is 10.4. The molecular formula is C8H17N5O2. The van der Waals surface area contributed by atoms with E-state index < -0.39 is 12.0 Å². The molecule has 7 heteroatoms. The van der Waals surface area contributed by atoms with E-state index in [1.807, 2.05) is 0 Å². The van der Waals surface area contributed by atoms with Gasteiger partial charge in [0, 0.05) is 6.54 Å². The first-order valence-electron chi connectivity index (χ1n) is 4.54. The van der Waals surface area contributed by atoms with Crippen LogP contribution in [-0.2, 0) is 4.79 Å².